The van der Waals surface area contributed by atoms with Gasteiger partial charge < -0.3 is 9.84 Å². The topological polar surface area (TPSA) is 68.0 Å². The van der Waals surface area contributed by atoms with Gasteiger partial charge in [-0.2, -0.15) is 0 Å². The van der Waals surface area contributed by atoms with Gasteiger partial charge in [-0.05, 0) is 36.8 Å². The van der Waals surface area contributed by atoms with E-state index < -0.39 is 0 Å². The lowest BCUT2D eigenvalue weighted by Crippen LogP contribution is -2.13. The highest BCUT2D eigenvalue weighted by Gasteiger charge is 2.14. The molecule has 1 N–H and O–H groups in total. The summed E-state index contributed by atoms with van der Waals surface area (Å²) in [5.74, 6) is 0.990. The highest BCUT2D eigenvalue weighted by molar-refractivity contribution is 6.07. The standard InChI is InChI=1S/C20H15N3O2/c1-13-6-5-11-21-19(13)22-20(24)15-9-10-17-16(12-15)18(25-23-17)14-7-3-2-4-8-14/h2-12H,1H3,(H,21,22,24). The molecule has 5 nitrogen and oxygen atoms in total. The number of pyridine rings is 1. The molecule has 122 valence electrons. The van der Waals surface area contributed by atoms with E-state index in [1.165, 1.54) is 0 Å². The zero-order valence-corrected chi connectivity index (χ0v) is 13.6. The van der Waals surface area contributed by atoms with Gasteiger partial charge in [-0.15, -0.1) is 0 Å². The Balaban J connectivity index is 1.71. The second kappa shape index (κ2) is 6.20. The van der Waals surface area contributed by atoms with Crippen molar-refractivity contribution in [1.82, 2.24) is 10.1 Å². The summed E-state index contributed by atoms with van der Waals surface area (Å²) in [6, 6.07) is 18.7. The van der Waals surface area contributed by atoms with Crippen LogP contribution in [-0.4, -0.2) is 16.0 Å². The largest absolute Gasteiger partial charge is 0.355 e. The zero-order chi connectivity index (χ0) is 17.2. The van der Waals surface area contributed by atoms with Crippen LogP contribution in [0, 0.1) is 6.92 Å². The number of carbonyl (C=O) groups excluding carboxylic acids is 1. The fourth-order valence-electron chi connectivity index (χ4n) is 2.68. The highest BCUT2D eigenvalue weighted by atomic mass is 16.5. The van der Waals surface area contributed by atoms with Crippen molar-refractivity contribution < 1.29 is 9.32 Å². The minimum absolute atomic E-state index is 0.219. The van der Waals surface area contributed by atoms with E-state index in [2.05, 4.69) is 15.5 Å². The number of nitrogens with one attached hydrogen (secondary N) is 1. The molecule has 0 unspecified atom stereocenters. The molecule has 0 spiro atoms. The van der Waals surface area contributed by atoms with E-state index in [0.717, 1.165) is 16.5 Å². The van der Waals surface area contributed by atoms with E-state index in [0.29, 0.717) is 22.7 Å². The first-order chi connectivity index (χ1) is 12.2. The first-order valence-electron chi connectivity index (χ1n) is 7.90. The Labute approximate surface area is 144 Å². The van der Waals surface area contributed by atoms with E-state index in [9.17, 15) is 4.79 Å². The summed E-state index contributed by atoms with van der Waals surface area (Å²) in [6.45, 7) is 1.90. The average molecular weight is 329 g/mol. The Hall–Kier alpha value is -3.47. The second-order valence-corrected chi connectivity index (χ2v) is 5.73. The molecule has 25 heavy (non-hydrogen) atoms. The molecule has 0 bridgehead atoms. The van der Waals surface area contributed by atoms with Crippen molar-refractivity contribution in [3.8, 4) is 11.3 Å². The number of fused-ring (bicyclic) bond motifs is 1. The van der Waals surface area contributed by atoms with Crippen molar-refractivity contribution in [3.63, 3.8) is 0 Å². The third-order valence-corrected chi connectivity index (χ3v) is 4.02. The molecule has 0 radical (unpaired) electrons. The van der Waals surface area contributed by atoms with Crippen molar-refractivity contribution in [3.05, 3.63) is 78.0 Å². The first-order valence-corrected chi connectivity index (χ1v) is 7.90. The Morgan fingerprint density at radius 3 is 2.68 bits per heavy atom. The summed E-state index contributed by atoms with van der Waals surface area (Å²) in [7, 11) is 0. The molecule has 0 aliphatic heterocycles. The van der Waals surface area contributed by atoms with E-state index in [1.807, 2.05) is 49.4 Å². The predicted octanol–water partition coefficient (Wildman–Crippen LogP) is 4.45. The second-order valence-electron chi connectivity index (χ2n) is 5.73. The van der Waals surface area contributed by atoms with Gasteiger partial charge in [0.25, 0.3) is 5.91 Å². The lowest BCUT2D eigenvalue weighted by atomic mass is 10.1. The van der Waals surface area contributed by atoms with Gasteiger partial charge >= 0.3 is 0 Å². The smallest absolute Gasteiger partial charge is 0.256 e. The molecule has 0 aliphatic rings. The van der Waals surface area contributed by atoms with Crippen LogP contribution in [-0.2, 0) is 0 Å². The number of hydrogen-bond donors (Lipinski definition) is 1. The van der Waals surface area contributed by atoms with Gasteiger partial charge in [0.15, 0.2) is 5.76 Å². The molecule has 2 aromatic heterocycles. The van der Waals surface area contributed by atoms with Crippen LogP contribution < -0.4 is 5.32 Å². The van der Waals surface area contributed by atoms with Gasteiger partial charge in [0, 0.05) is 17.3 Å². The van der Waals surface area contributed by atoms with Crippen LogP contribution in [0.3, 0.4) is 0 Å². The van der Waals surface area contributed by atoms with E-state index in [1.54, 1.807) is 24.4 Å². The maximum absolute atomic E-state index is 12.6. The van der Waals surface area contributed by atoms with Gasteiger partial charge in [0.1, 0.15) is 11.3 Å². The molecule has 0 saturated carbocycles. The predicted molar refractivity (Wildman–Crippen MR) is 96.4 cm³/mol. The molecule has 0 atom stereocenters. The van der Waals surface area contributed by atoms with Crippen molar-refractivity contribution in [1.29, 1.82) is 0 Å². The number of rotatable bonds is 3. The lowest BCUT2D eigenvalue weighted by Gasteiger charge is -2.07. The highest BCUT2D eigenvalue weighted by Crippen LogP contribution is 2.29. The number of hydrogen-bond acceptors (Lipinski definition) is 4. The normalized spacial score (nSPS) is 10.8. The van der Waals surface area contributed by atoms with Crippen LogP contribution in [0.15, 0.2) is 71.4 Å². The summed E-state index contributed by atoms with van der Waals surface area (Å²) in [4.78, 5) is 16.8. The summed E-state index contributed by atoms with van der Waals surface area (Å²) >= 11 is 0. The van der Waals surface area contributed by atoms with Crippen LogP contribution in [0.4, 0.5) is 5.82 Å². The minimum atomic E-state index is -0.219. The van der Waals surface area contributed by atoms with Crippen molar-refractivity contribution in [2.24, 2.45) is 0 Å². The van der Waals surface area contributed by atoms with Crippen LogP contribution in [0.1, 0.15) is 15.9 Å². The molecular weight excluding hydrogens is 314 g/mol. The summed E-state index contributed by atoms with van der Waals surface area (Å²) in [5.41, 5.74) is 3.07. The molecular formula is C20H15N3O2. The van der Waals surface area contributed by atoms with Gasteiger partial charge in [-0.3, -0.25) is 4.79 Å². The summed E-state index contributed by atoms with van der Waals surface area (Å²) < 4.78 is 5.48. The van der Waals surface area contributed by atoms with Crippen LogP contribution >= 0.6 is 0 Å². The first kappa shape index (κ1) is 15.1. The Morgan fingerprint density at radius 1 is 1.04 bits per heavy atom. The number of anilines is 1. The minimum Gasteiger partial charge on any atom is -0.355 e. The van der Waals surface area contributed by atoms with E-state index in [-0.39, 0.29) is 5.91 Å². The molecule has 0 aliphatic carbocycles. The van der Waals surface area contributed by atoms with E-state index >= 15 is 0 Å². The Kier molecular flexibility index (Phi) is 3.74. The Morgan fingerprint density at radius 2 is 1.88 bits per heavy atom. The average Bonchev–Trinajstić information content (AvgIpc) is 3.07. The molecule has 2 aromatic carbocycles. The molecule has 2 heterocycles. The number of aryl methyl sites for hydroxylation is 1. The number of aromatic nitrogens is 2. The third-order valence-electron chi connectivity index (χ3n) is 4.02. The molecule has 5 heteroatoms. The number of benzene rings is 2. The van der Waals surface area contributed by atoms with Crippen LogP contribution in [0.25, 0.3) is 22.2 Å². The SMILES string of the molecule is Cc1cccnc1NC(=O)c1ccc2noc(-c3ccccc3)c2c1. The van der Waals surface area contributed by atoms with Crippen LogP contribution in [0.2, 0.25) is 0 Å². The molecule has 0 saturated heterocycles. The quantitative estimate of drug-likeness (QED) is 0.603. The van der Waals surface area contributed by atoms with Crippen molar-refractivity contribution >= 4 is 22.6 Å². The van der Waals surface area contributed by atoms with Gasteiger partial charge in [-0.25, -0.2) is 4.98 Å². The van der Waals surface area contributed by atoms with Gasteiger partial charge in [0.05, 0.1) is 5.39 Å². The summed E-state index contributed by atoms with van der Waals surface area (Å²) in [6.07, 6.45) is 1.65. The summed E-state index contributed by atoms with van der Waals surface area (Å²) in [5, 5.41) is 7.72. The van der Waals surface area contributed by atoms with Crippen molar-refractivity contribution in [2.45, 2.75) is 6.92 Å². The Bertz CT molecular complexity index is 1050. The maximum Gasteiger partial charge on any atom is 0.256 e. The lowest BCUT2D eigenvalue weighted by molar-refractivity contribution is 0.102. The zero-order valence-electron chi connectivity index (χ0n) is 13.6. The van der Waals surface area contributed by atoms with E-state index in [4.69, 9.17) is 4.52 Å². The molecule has 1 amide bonds. The maximum atomic E-state index is 12.6. The van der Waals surface area contributed by atoms with Gasteiger partial charge in [-0.1, -0.05) is 41.6 Å². The molecule has 4 aromatic rings. The number of amides is 1. The molecule has 0 fully saturated rings. The fourth-order valence-corrected chi connectivity index (χ4v) is 2.68. The molecule has 4 rings (SSSR count). The fraction of sp³-hybridized carbons (Fsp3) is 0.0500. The number of carbonyl (C=O) groups is 1. The third kappa shape index (κ3) is 2.87. The van der Waals surface area contributed by atoms with Gasteiger partial charge in [0.2, 0.25) is 0 Å². The van der Waals surface area contributed by atoms with Crippen molar-refractivity contribution in [2.75, 3.05) is 5.32 Å². The number of nitrogens with zero attached hydrogens (tertiary/aromatic N) is 2. The van der Waals surface area contributed by atoms with Crippen LogP contribution in [0.5, 0.6) is 0 Å². The monoisotopic (exact) mass is 329 g/mol.